The van der Waals surface area contributed by atoms with Gasteiger partial charge in [-0.1, -0.05) is 49.6 Å². The maximum Gasteiger partial charge on any atom is 0.330 e. The molecule has 1 aliphatic carbocycles. The van der Waals surface area contributed by atoms with Gasteiger partial charge in [0.05, 0.1) is 5.70 Å². The van der Waals surface area contributed by atoms with Crippen LogP contribution in [-0.4, -0.2) is 39.8 Å². The highest BCUT2D eigenvalue weighted by atomic mass is 16.2. The number of hydrogen-bond donors (Lipinski definition) is 0. The van der Waals surface area contributed by atoms with Crippen LogP contribution in [0.3, 0.4) is 0 Å². The fraction of sp³-hybridized carbons (Fsp3) is 0.545. The summed E-state index contributed by atoms with van der Waals surface area (Å²) in [6.45, 7) is 8.27. The summed E-state index contributed by atoms with van der Waals surface area (Å²) < 4.78 is 0. The Labute approximate surface area is 157 Å². The molecule has 2 amide bonds. The molecule has 1 aromatic carbocycles. The molecule has 0 radical (unpaired) electrons. The third-order valence-corrected chi connectivity index (χ3v) is 5.07. The average molecular weight is 354 g/mol. The molecule has 0 atom stereocenters. The summed E-state index contributed by atoms with van der Waals surface area (Å²) in [5, 5.41) is 0. The summed E-state index contributed by atoms with van der Waals surface area (Å²) in [6, 6.07) is 10.9. The van der Waals surface area contributed by atoms with E-state index < -0.39 is 0 Å². The topological polar surface area (TPSA) is 35.9 Å². The van der Waals surface area contributed by atoms with Gasteiger partial charge in [-0.2, -0.15) is 0 Å². The molecule has 0 N–H and O–H groups in total. The SMILES string of the molecule is CC(C)N=C1/C(=C\c2ccccc2)N(C2CCCCC2)C(=O)N1C(C)C. The Morgan fingerprint density at radius 2 is 1.69 bits per heavy atom. The van der Waals surface area contributed by atoms with E-state index in [0.717, 1.165) is 29.9 Å². The first kappa shape index (κ1) is 18.7. The van der Waals surface area contributed by atoms with Crippen LogP contribution in [0.25, 0.3) is 6.08 Å². The van der Waals surface area contributed by atoms with E-state index in [-0.39, 0.29) is 24.2 Å². The number of urea groups is 1. The van der Waals surface area contributed by atoms with E-state index >= 15 is 0 Å². The Kier molecular flexibility index (Phi) is 5.80. The Morgan fingerprint density at radius 3 is 2.27 bits per heavy atom. The number of carbonyl (C=O) groups excluding carboxylic acids is 1. The monoisotopic (exact) mass is 353 g/mol. The van der Waals surface area contributed by atoms with Crippen LogP contribution in [0.1, 0.15) is 65.4 Å². The highest BCUT2D eigenvalue weighted by molar-refractivity contribution is 6.17. The largest absolute Gasteiger partial charge is 0.330 e. The zero-order chi connectivity index (χ0) is 18.7. The molecule has 1 heterocycles. The van der Waals surface area contributed by atoms with Crippen molar-refractivity contribution in [3.63, 3.8) is 0 Å². The van der Waals surface area contributed by atoms with Gasteiger partial charge in [0.1, 0.15) is 0 Å². The van der Waals surface area contributed by atoms with Crippen molar-refractivity contribution in [2.24, 2.45) is 4.99 Å². The lowest BCUT2D eigenvalue weighted by Crippen LogP contribution is -2.42. The van der Waals surface area contributed by atoms with E-state index in [4.69, 9.17) is 4.99 Å². The molecule has 2 fully saturated rings. The summed E-state index contributed by atoms with van der Waals surface area (Å²) in [7, 11) is 0. The number of benzene rings is 1. The van der Waals surface area contributed by atoms with E-state index in [0.29, 0.717) is 0 Å². The third kappa shape index (κ3) is 3.84. The number of rotatable bonds is 4. The van der Waals surface area contributed by atoms with Gasteiger partial charge in [0, 0.05) is 18.1 Å². The summed E-state index contributed by atoms with van der Waals surface area (Å²) in [5.41, 5.74) is 2.08. The molecule has 1 aliphatic heterocycles. The molecule has 1 saturated heterocycles. The number of aliphatic imine (C=N–C) groups is 1. The van der Waals surface area contributed by atoms with Gasteiger partial charge in [-0.25, -0.2) is 4.79 Å². The minimum absolute atomic E-state index is 0.0905. The highest BCUT2D eigenvalue weighted by Gasteiger charge is 2.44. The predicted molar refractivity (Wildman–Crippen MR) is 108 cm³/mol. The molecule has 0 unspecified atom stereocenters. The van der Waals surface area contributed by atoms with Gasteiger partial charge in [0.15, 0.2) is 5.84 Å². The first-order chi connectivity index (χ1) is 12.5. The van der Waals surface area contributed by atoms with Gasteiger partial charge in [-0.15, -0.1) is 0 Å². The molecule has 26 heavy (non-hydrogen) atoms. The van der Waals surface area contributed by atoms with Crippen LogP contribution in [0.15, 0.2) is 41.0 Å². The van der Waals surface area contributed by atoms with Crippen molar-refractivity contribution in [1.29, 1.82) is 0 Å². The lowest BCUT2D eigenvalue weighted by molar-refractivity contribution is 0.169. The maximum absolute atomic E-state index is 13.4. The van der Waals surface area contributed by atoms with Crippen molar-refractivity contribution in [3.05, 3.63) is 41.6 Å². The molecule has 1 aromatic rings. The third-order valence-electron chi connectivity index (χ3n) is 5.07. The van der Waals surface area contributed by atoms with Crippen LogP contribution in [-0.2, 0) is 0 Å². The van der Waals surface area contributed by atoms with Gasteiger partial charge < -0.3 is 0 Å². The van der Waals surface area contributed by atoms with Crippen molar-refractivity contribution < 1.29 is 4.79 Å². The Bertz CT molecular complexity index is 685. The molecule has 4 nitrogen and oxygen atoms in total. The maximum atomic E-state index is 13.4. The zero-order valence-corrected chi connectivity index (χ0v) is 16.5. The summed E-state index contributed by atoms with van der Waals surface area (Å²) in [4.78, 5) is 22.1. The molecular formula is C22H31N3O. The lowest BCUT2D eigenvalue weighted by atomic mass is 9.94. The van der Waals surface area contributed by atoms with Crippen molar-refractivity contribution >= 4 is 17.9 Å². The van der Waals surface area contributed by atoms with E-state index in [1.807, 2.05) is 28.0 Å². The van der Waals surface area contributed by atoms with E-state index in [9.17, 15) is 4.79 Å². The molecule has 140 valence electrons. The van der Waals surface area contributed by atoms with E-state index in [1.165, 1.54) is 19.3 Å². The summed E-state index contributed by atoms with van der Waals surface area (Å²) in [5.74, 6) is 0.828. The number of amidine groups is 1. The average Bonchev–Trinajstić information content (AvgIpc) is 2.87. The first-order valence-corrected chi connectivity index (χ1v) is 9.96. The van der Waals surface area contributed by atoms with Crippen molar-refractivity contribution in [2.75, 3.05) is 0 Å². The second-order valence-electron chi connectivity index (χ2n) is 7.89. The van der Waals surface area contributed by atoms with E-state index in [1.54, 1.807) is 0 Å². The Balaban J connectivity index is 2.10. The van der Waals surface area contributed by atoms with Gasteiger partial charge >= 0.3 is 6.03 Å². The summed E-state index contributed by atoms with van der Waals surface area (Å²) >= 11 is 0. The Hall–Kier alpha value is -2.10. The smallest absolute Gasteiger partial charge is 0.287 e. The molecule has 2 aliphatic rings. The zero-order valence-electron chi connectivity index (χ0n) is 16.5. The molecule has 0 bridgehead atoms. The van der Waals surface area contributed by atoms with Crippen LogP contribution in [0, 0.1) is 0 Å². The van der Waals surface area contributed by atoms with Crippen LogP contribution >= 0.6 is 0 Å². The minimum Gasteiger partial charge on any atom is -0.287 e. The van der Waals surface area contributed by atoms with Crippen LogP contribution in [0.2, 0.25) is 0 Å². The number of amides is 2. The van der Waals surface area contributed by atoms with Crippen molar-refractivity contribution in [3.8, 4) is 0 Å². The number of nitrogens with zero attached hydrogens (tertiary/aromatic N) is 3. The fourth-order valence-electron chi connectivity index (χ4n) is 3.91. The van der Waals surface area contributed by atoms with Gasteiger partial charge in [0.25, 0.3) is 0 Å². The second kappa shape index (κ2) is 8.07. The second-order valence-corrected chi connectivity index (χ2v) is 7.89. The highest BCUT2D eigenvalue weighted by Crippen LogP contribution is 2.34. The quantitative estimate of drug-likeness (QED) is 0.722. The normalized spacial score (nSPS) is 22.5. The molecule has 0 aromatic heterocycles. The van der Waals surface area contributed by atoms with E-state index in [2.05, 4.69) is 45.9 Å². The van der Waals surface area contributed by atoms with Crippen LogP contribution < -0.4 is 0 Å². The van der Waals surface area contributed by atoms with Gasteiger partial charge in [0.2, 0.25) is 0 Å². The van der Waals surface area contributed by atoms with Crippen molar-refractivity contribution in [2.45, 2.75) is 77.9 Å². The molecule has 4 heteroatoms. The number of carbonyl (C=O) groups is 1. The molecule has 3 rings (SSSR count). The summed E-state index contributed by atoms with van der Waals surface area (Å²) in [6.07, 6.45) is 7.97. The fourth-order valence-corrected chi connectivity index (χ4v) is 3.91. The van der Waals surface area contributed by atoms with Crippen LogP contribution in [0.4, 0.5) is 4.79 Å². The first-order valence-electron chi connectivity index (χ1n) is 9.96. The van der Waals surface area contributed by atoms with Gasteiger partial charge in [-0.05, 0) is 52.2 Å². The van der Waals surface area contributed by atoms with Gasteiger partial charge in [-0.3, -0.25) is 14.8 Å². The lowest BCUT2D eigenvalue weighted by Gasteiger charge is -2.31. The predicted octanol–water partition coefficient (Wildman–Crippen LogP) is 5.31. The number of hydrogen-bond acceptors (Lipinski definition) is 2. The Morgan fingerprint density at radius 1 is 1.04 bits per heavy atom. The van der Waals surface area contributed by atoms with Crippen molar-refractivity contribution in [1.82, 2.24) is 9.80 Å². The van der Waals surface area contributed by atoms with Crippen LogP contribution in [0.5, 0.6) is 0 Å². The molecule has 0 spiro atoms. The molecule has 1 saturated carbocycles. The minimum atomic E-state index is 0.0905. The standard InChI is InChI=1S/C22H31N3O/c1-16(2)23-21-20(15-18-11-7-5-8-12-18)25(19-13-9-6-10-14-19)22(26)24(21)17(3)4/h5,7-8,11-12,15-17,19H,6,9-10,13-14H2,1-4H3/b20-15+,23-21?. The molecular weight excluding hydrogens is 322 g/mol.